The van der Waals surface area contributed by atoms with Gasteiger partial charge in [-0.05, 0) is 36.1 Å². The van der Waals surface area contributed by atoms with Gasteiger partial charge in [0.15, 0.2) is 0 Å². The summed E-state index contributed by atoms with van der Waals surface area (Å²) in [6, 6.07) is 16.9. The fourth-order valence-corrected chi connectivity index (χ4v) is 2.48. The summed E-state index contributed by atoms with van der Waals surface area (Å²) in [5.74, 6) is 0.303. The highest BCUT2D eigenvalue weighted by molar-refractivity contribution is 5.42. The van der Waals surface area contributed by atoms with Crippen LogP contribution in [-0.4, -0.2) is 6.54 Å². The van der Waals surface area contributed by atoms with E-state index < -0.39 is 0 Å². The average molecular weight is 225 g/mol. The van der Waals surface area contributed by atoms with Gasteiger partial charge in [0.2, 0.25) is 0 Å². The molecule has 0 aromatic heterocycles. The summed E-state index contributed by atoms with van der Waals surface area (Å²) in [5, 5.41) is 0. The third kappa shape index (κ3) is 2.40. The second-order valence-corrected chi connectivity index (χ2v) is 4.50. The van der Waals surface area contributed by atoms with E-state index in [9.17, 15) is 0 Å². The molecule has 0 saturated carbocycles. The van der Waals surface area contributed by atoms with Crippen molar-refractivity contribution in [2.24, 2.45) is 5.73 Å². The standard InChI is InChI=1S/C16H19N/c1-12-7-6-8-13(2)16(12)15(11-17)14-9-4-3-5-10-14/h3-10,15H,11,17H2,1-2H3/t15-/m1/s1. The van der Waals surface area contributed by atoms with Crippen LogP contribution in [0.2, 0.25) is 0 Å². The van der Waals surface area contributed by atoms with Crippen LogP contribution in [0.25, 0.3) is 0 Å². The molecule has 1 nitrogen and oxygen atoms in total. The second kappa shape index (κ2) is 5.15. The number of benzene rings is 2. The minimum Gasteiger partial charge on any atom is -0.330 e. The lowest BCUT2D eigenvalue weighted by Gasteiger charge is -2.20. The number of rotatable bonds is 3. The van der Waals surface area contributed by atoms with E-state index in [0.29, 0.717) is 12.5 Å². The lowest BCUT2D eigenvalue weighted by atomic mass is 9.86. The topological polar surface area (TPSA) is 26.0 Å². The van der Waals surface area contributed by atoms with Gasteiger partial charge in [0.05, 0.1) is 0 Å². The molecule has 2 N–H and O–H groups in total. The van der Waals surface area contributed by atoms with E-state index in [2.05, 4.69) is 56.3 Å². The van der Waals surface area contributed by atoms with Crippen LogP contribution >= 0.6 is 0 Å². The summed E-state index contributed by atoms with van der Waals surface area (Å²) in [7, 11) is 0. The zero-order valence-electron chi connectivity index (χ0n) is 10.5. The van der Waals surface area contributed by atoms with Crippen molar-refractivity contribution >= 4 is 0 Å². The lowest BCUT2D eigenvalue weighted by Crippen LogP contribution is -2.16. The van der Waals surface area contributed by atoms with Crippen molar-refractivity contribution in [3.63, 3.8) is 0 Å². The average Bonchev–Trinajstić information content (AvgIpc) is 2.35. The Bertz CT molecular complexity index is 468. The molecular weight excluding hydrogens is 206 g/mol. The maximum absolute atomic E-state index is 5.97. The Morgan fingerprint density at radius 2 is 1.47 bits per heavy atom. The maximum atomic E-state index is 5.97. The Hall–Kier alpha value is -1.60. The predicted octanol–water partition coefficient (Wildman–Crippen LogP) is 3.39. The highest BCUT2D eigenvalue weighted by Gasteiger charge is 2.16. The zero-order valence-corrected chi connectivity index (χ0v) is 10.5. The van der Waals surface area contributed by atoms with Crippen molar-refractivity contribution in [2.75, 3.05) is 6.54 Å². The molecule has 0 aliphatic carbocycles. The normalized spacial score (nSPS) is 12.4. The van der Waals surface area contributed by atoms with Crippen LogP contribution in [0.5, 0.6) is 0 Å². The van der Waals surface area contributed by atoms with Gasteiger partial charge in [-0.15, -0.1) is 0 Å². The van der Waals surface area contributed by atoms with Gasteiger partial charge in [0, 0.05) is 12.5 Å². The van der Waals surface area contributed by atoms with Crippen LogP contribution in [0.15, 0.2) is 48.5 Å². The highest BCUT2D eigenvalue weighted by atomic mass is 14.6. The van der Waals surface area contributed by atoms with Gasteiger partial charge in [-0.3, -0.25) is 0 Å². The smallest absolute Gasteiger partial charge is 0.0217 e. The summed E-state index contributed by atoms with van der Waals surface area (Å²) in [6.07, 6.45) is 0. The van der Waals surface area contributed by atoms with Crippen molar-refractivity contribution in [3.8, 4) is 0 Å². The largest absolute Gasteiger partial charge is 0.330 e. The summed E-state index contributed by atoms with van der Waals surface area (Å²) < 4.78 is 0. The van der Waals surface area contributed by atoms with Gasteiger partial charge in [-0.1, -0.05) is 48.5 Å². The van der Waals surface area contributed by atoms with Crippen molar-refractivity contribution in [2.45, 2.75) is 19.8 Å². The first-order valence-corrected chi connectivity index (χ1v) is 6.05. The molecule has 1 heteroatoms. The number of hydrogen-bond donors (Lipinski definition) is 1. The minimum absolute atomic E-state index is 0.303. The molecule has 2 aromatic carbocycles. The number of aryl methyl sites for hydroxylation is 2. The van der Waals surface area contributed by atoms with Crippen LogP contribution in [0.4, 0.5) is 0 Å². The van der Waals surface area contributed by atoms with Crippen LogP contribution in [0.3, 0.4) is 0 Å². The van der Waals surface area contributed by atoms with E-state index in [0.717, 1.165) is 0 Å². The van der Waals surface area contributed by atoms with Crippen LogP contribution in [0.1, 0.15) is 28.2 Å². The zero-order chi connectivity index (χ0) is 12.3. The van der Waals surface area contributed by atoms with Crippen LogP contribution in [-0.2, 0) is 0 Å². The monoisotopic (exact) mass is 225 g/mol. The molecule has 2 rings (SSSR count). The van der Waals surface area contributed by atoms with Crippen molar-refractivity contribution < 1.29 is 0 Å². The molecule has 0 spiro atoms. The third-order valence-electron chi connectivity index (χ3n) is 3.33. The molecule has 0 fully saturated rings. The first-order valence-electron chi connectivity index (χ1n) is 6.05. The minimum atomic E-state index is 0.303. The van der Waals surface area contributed by atoms with Crippen molar-refractivity contribution in [3.05, 3.63) is 70.8 Å². The molecule has 0 radical (unpaired) electrons. The Morgan fingerprint density at radius 1 is 0.882 bits per heavy atom. The molecule has 0 unspecified atom stereocenters. The molecule has 0 aliphatic rings. The third-order valence-corrected chi connectivity index (χ3v) is 3.33. The summed E-state index contributed by atoms with van der Waals surface area (Å²) in [6.45, 7) is 4.97. The Balaban J connectivity index is 2.50. The molecule has 0 bridgehead atoms. The van der Waals surface area contributed by atoms with Crippen LogP contribution < -0.4 is 5.73 Å². The summed E-state index contributed by atoms with van der Waals surface area (Å²) >= 11 is 0. The van der Waals surface area contributed by atoms with E-state index >= 15 is 0 Å². The first kappa shape index (κ1) is 11.9. The quantitative estimate of drug-likeness (QED) is 0.851. The Morgan fingerprint density at radius 3 is 2.00 bits per heavy atom. The van der Waals surface area contributed by atoms with Crippen LogP contribution in [0, 0.1) is 13.8 Å². The van der Waals surface area contributed by atoms with E-state index in [4.69, 9.17) is 5.73 Å². The fourth-order valence-electron chi connectivity index (χ4n) is 2.48. The SMILES string of the molecule is Cc1cccc(C)c1[C@H](CN)c1ccccc1. The molecule has 2 aromatic rings. The number of hydrogen-bond acceptors (Lipinski definition) is 1. The Kier molecular flexibility index (Phi) is 3.60. The molecule has 17 heavy (non-hydrogen) atoms. The van der Waals surface area contributed by atoms with Gasteiger partial charge in [-0.2, -0.15) is 0 Å². The molecule has 0 aliphatic heterocycles. The molecule has 0 amide bonds. The molecular formula is C16H19N. The van der Waals surface area contributed by atoms with E-state index in [1.54, 1.807) is 0 Å². The van der Waals surface area contributed by atoms with E-state index in [-0.39, 0.29) is 0 Å². The maximum Gasteiger partial charge on any atom is 0.0217 e. The highest BCUT2D eigenvalue weighted by Crippen LogP contribution is 2.28. The summed E-state index contributed by atoms with van der Waals surface area (Å²) in [4.78, 5) is 0. The first-order chi connectivity index (χ1) is 8.24. The van der Waals surface area contributed by atoms with Crippen molar-refractivity contribution in [1.82, 2.24) is 0 Å². The Labute approximate surface area is 103 Å². The van der Waals surface area contributed by atoms with E-state index in [1.807, 2.05) is 6.07 Å². The molecule has 88 valence electrons. The fraction of sp³-hybridized carbons (Fsp3) is 0.250. The van der Waals surface area contributed by atoms with Gasteiger partial charge in [0.25, 0.3) is 0 Å². The molecule has 0 heterocycles. The molecule has 0 saturated heterocycles. The number of nitrogens with two attached hydrogens (primary N) is 1. The van der Waals surface area contributed by atoms with E-state index in [1.165, 1.54) is 22.3 Å². The lowest BCUT2D eigenvalue weighted by molar-refractivity contribution is 0.805. The second-order valence-electron chi connectivity index (χ2n) is 4.50. The van der Waals surface area contributed by atoms with Gasteiger partial charge < -0.3 is 5.73 Å². The predicted molar refractivity (Wildman–Crippen MR) is 73.3 cm³/mol. The van der Waals surface area contributed by atoms with Gasteiger partial charge in [0.1, 0.15) is 0 Å². The van der Waals surface area contributed by atoms with Gasteiger partial charge >= 0.3 is 0 Å². The summed E-state index contributed by atoms with van der Waals surface area (Å²) in [5.41, 5.74) is 11.3. The van der Waals surface area contributed by atoms with Gasteiger partial charge in [-0.25, -0.2) is 0 Å². The molecule has 1 atom stereocenters. The van der Waals surface area contributed by atoms with Crippen molar-refractivity contribution in [1.29, 1.82) is 0 Å².